The molecule has 10 aromatic rings. The standard InChI is InChI=1S/C58H44F8N10O7S2/c1-79-55-73-71-49(84-55)25-81-47-7-3-5-39(69-47)33-23-35(59)31(17-37(33)61)21-45-67-41-11-9-29(19-43(41)75(45)27-57(13-14-57)53(63)64)51(77)83-52(78)30-10-12-42-44(20-30)76(28-58(15-16-58)54(65)66)46(68-42)22-32-18-38(62)34(24-36(32)60)40-6-4-8-48(70-40)82-26-50-72-74-56(80-2)85-50/h3-12,17-20,23-24,53-54H,13-16,21-22,25-28H2,1-2H3. The Labute approximate surface area is 484 Å². The van der Waals surface area contributed by atoms with Gasteiger partial charge >= 0.3 is 11.9 Å². The number of ether oxygens (including phenoxy) is 5. The van der Waals surface area contributed by atoms with E-state index in [-0.39, 0.29) is 155 Å². The number of hydrogen-bond acceptors (Lipinski definition) is 17. The van der Waals surface area contributed by atoms with E-state index in [1.165, 1.54) is 84.0 Å². The van der Waals surface area contributed by atoms with Crippen LogP contribution in [0, 0.1) is 34.1 Å². The van der Waals surface area contributed by atoms with Crippen LogP contribution in [0.15, 0.2) is 97.1 Å². The summed E-state index contributed by atoms with van der Waals surface area (Å²) in [5.41, 5.74) is -3.08. The minimum Gasteiger partial charge on any atom is -0.472 e. The van der Waals surface area contributed by atoms with Gasteiger partial charge in [0.05, 0.1) is 58.8 Å². The Balaban J connectivity index is 0.783. The maximum Gasteiger partial charge on any atom is 0.346 e. The molecule has 0 N–H and O–H groups in total. The van der Waals surface area contributed by atoms with E-state index in [1.54, 1.807) is 12.1 Å². The van der Waals surface area contributed by atoms with Gasteiger partial charge in [-0.1, -0.05) is 45.0 Å². The van der Waals surface area contributed by atoms with Crippen molar-refractivity contribution in [2.45, 2.75) is 77.7 Å². The number of fused-ring (bicyclic) bond motifs is 2. The topological polar surface area (TPSA) is 193 Å². The maximum atomic E-state index is 16.1. The van der Waals surface area contributed by atoms with Crippen LogP contribution in [-0.4, -0.2) is 88.5 Å². The van der Waals surface area contributed by atoms with Crippen LogP contribution in [0.4, 0.5) is 35.1 Å². The molecule has 4 aromatic carbocycles. The molecule has 6 aromatic heterocycles. The lowest BCUT2D eigenvalue weighted by atomic mass is 10.0. The zero-order chi connectivity index (χ0) is 59.3. The predicted octanol–water partition coefficient (Wildman–Crippen LogP) is 12.2. The van der Waals surface area contributed by atoms with Crippen molar-refractivity contribution >= 4 is 56.7 Å². The van der Waals surface area contributed by atoms with Crippen LogP contribution in [0.25, 0.3) is 44.6 Å². The van der Waals surface area contributed by atoms with Crippen molar-refractivity contribution in [2.24, 2.45) is 10.8 Å². The number of benzene rings is 4. The van der Waals surface area contributed by atoms with Crippen molar-refractivity contribution in [3.63, 3.8) is 0 Å². The first-order valence-electron chi connectivity index (χ1n) is 26.2. The van der Waals surface area contributed by atoms with E-state index in [1.807, 2.05) is 0 Å². The first-order chi connectivity index (χ1) is 41.0. The summed E-state index contributed by atoms with van der Waals surface area (Å²) in [6.07, 6.45) is -5.58. The molecule has 0 spiro atoms. The van der Waals surface area contributed by atoms with Gasteiger partial charge in [0.15, 0.2) is 10.0 Å². The fourth-order valence-electron chi connectivity index (χ4n) is 9.77. The highest BCUT2D eigenvalue weighted by Crippen LogP contribution is 2.54. The number of esters is 2. The highest BCUT2D eigenvalue weighted by molar-refractivity contribution is 7.13. The minimum atomic E-state index is -2.75. The number of methoxy groups -OCH3 is 2. The SMILES string of the molecule is COc1nnc(COc2cccc(-c3cc(F)c(Cc4nc5ccc(C(=O)OC(=O)c6ccc7nc(Cc8cc(F)c(-c9cccc(OCc%10nnc(OC)s%10)n9)cc8F)n(CC8(C(F)F)CC8)c7c6)cc5n4CC4(C(F)F)CC4)cc3F)n2)s1. The van der Waals surface area contributed by atoms with E-state index in [2.05, 4.69) is 40.3 Å². The predicted molar refractivity (Wildman–Crippen MR) is 291 cm³/mol. The molecule has 17 nitrogen and oxygen atoms in total. The number of halogens is 8. The van der Waals surface area contributed by atoms with E-state index in [0.717, 1.165) is 46.9 Å². The Morgan fingerprint density at radius 1 is 0.541 bits per heavy atom. The molecule has 0 aliphatic heterocycles. The van der Waals surface area contributed by atoms with Gasteiger partial charge in [-0.25, -0.2) is 64.6 Å². The van der Waals surface area contributed by atoms with Gasteiger partial charge in [-0.2, -0.15) is 0 Å². The summed E-state index contributed by atoms with van der Waals surface area (Å²) in [6.45, 7) is -0.614. The summed E-state index contributed by atoms with van der Waals surface area (Å²) >= 11 is 2.31. The third-order valence-electron chi connectivity index (χ3n) is 14.9. The quantitative estimate of drug-likeness (QED) is 0.0353. The molecule has 2 aliphatic carbocycles. The van der Waals surface area contributed by atoms with Crippen LogP contribution in [0.2, 0.25) is 0 Å². The molecule has 27 heteroatoms. The van der Waals surface area contributed by atoms with E-state index >= 15 is 17.6 Å². The van der Waals surface area contributed by atoms with E-state index in [0.29, 0.717) is 20.4 Å². The molecule has 12 rings (SSSR count). The van der Waals surface area contributed by atoms with E-state index in [4.69, 9.17) is 23.7 Å². The smallest absolute Gasteiger partial charge is 0.346 e. The average Bonchev–Trinajstić information content (AvgIpc) is 2.02. The summed E-state index contributed by atoms with van der Waals surface area (Å²) in [6, 6.07) is 21.0. The van der Waals surface area contributed by atoms with Crippen molar-refractivity contribution in [1.29, 1.82) is 0 Å². The molecule has 2 fully saturated rings. The average molecular weight is 1210 g/mol. The number of nitrogens with zero attached hydrogens (tertiary/aromatic N) is 10. The van der Waals surface area contributed by atoms with Crippen LogP contribution in [0.3, 0.4) is 0 Å². The van der Waals surface area contributed by atoms with Crippen molar-refractivity contribution in [3.05, 3.63) is 164 Å². The second-order valence-electron chi connectivity index (χ2n) is 20.5. The number of aromatic nitrogens is 10. The number of carbonyl (C=O) groups excluding carboxylic acids is 2. The molecule has 0 saturated heterocycles. The number of pyridine rings is 2. The minimum absolute atomic E-state index is 0.0138. The second kappa shape index (κ2) is 22.9. The lowest BCUT2D eigenvalue weighted by Gasteiger charge is -2.18. The Kier molecular flexibility index (Phi) is 15.2. The van der Waals surface area contributed by atoms with Crippen molar-refractivity contribution in [3.8, 4) is 44.7 Å². The Hall–Kier alpha value is -8.98. The molecule has 2 saturated carbocycles. The molecule has 85 heavy (non-hydrogen) atoms. The van der Waals surface area contributed by atoms with Crippen LogP contribution >= 0.6 is 22.7 Å². The van der Waals surface area contributed by atoms with Crippen molar-refractivity contribution in [2.75, 3.05) is 14.2 Å². The molecular weight excluding hydrogens is 1160 g/mol. The lowest BCUT2D eigenvalue weighted by Crippen LogP contribution is -2.21. The highest BCUT2D eigenvalue weighted by atomic mass is 32.1. The van der Waals surface area contributed by atoms with E-state index in [9.17, 15) is 27.2 Å². The van der Waals surface area contributed by atoms with Crippen molar-refractivity contribution in [1.82, 2.24) is 49.5 Å². The summed E-state index contributed by atoms with van der Waals surface area (Å²) in [5, 5.41) is 17.2. The number of carbonyl (C=O) groups is 2. The second-order valence-corrected chi connectivity index (χ2v) is 22.5. The van der Waals surface area contributed by atoms with E-state index < -0.39 is 58.9 Å². The van der Waals surface area contributed by atoms with Gasteiger partial charge in [0, 0.05) is 60.0 Å². The van der Waals surface area contributed by atoms with Gasteiger partial charge in [-0.15, -0.1) is 10.2 Å². The lowest BCUT2D eigenvalue weighted by molar-refractivity contribution is 0.0396. The highest BCUT2D eigenvalue weighted by Gasteiger charge is 2.52. The van der Waals surface area contributed by atoms with Crippen LogP contribution in [-0.2, 0) is 43.9 Å². The molecular formula is C58H44F8N10O7S2. The third-order valence-corrected chi connectivity index (χ3v) is 16.6. The molecule has 0 atom stereocenters. The third kappa shape index (κ3) is 11.7. The Bertz CT molecular complexity index is 3960. The number of alkyl halides is 4. The Morgan fingerprint density at radius 3 is 1.34 bits per heavy atom. The number of imidazole rings is 2. The van der Waals surface area contributed by atoms with Crippen LogP contribution in [0.5, 0.6) is 22.1 Å². The van der Waals surface area contributed by atoms with Gasteiger partial charge in [0.1, 0.15) is 48.1 Å². The zero-order valence-electron chi connectivity index (χ0n) is 44.6. The maximum absolute atomic E-state index is 16.1. The molecule has 0 amide bonds. The van der Waals surface area contributed by atoms with Gasteiger partial charge in [0.2, 0.25) is 24.6 Å². The molecule has 0 unspecified atom stereocenters. The number of hydrogen-bond donors (Lipinski definition) is 0. The van der Waals surface area contributed by atoms with Crippen molar-refractivity contribution < 1.29 is 68.4 Å². The molecule has 2 aliphatic rings. The zero-order valence-corrected chi connectivity index (χ0v) is 46.3. The summed E-state index contributed by atoms with van der Waals surface area (Å²) < 4.78 is 152. The van der Waals surface area contributed by atoms with Gasteiger partial charge in [0.25, 0.3) is 10.4 Å². The molecule has 0 bridgehead atoms. The summed E-state index contributed by atoms with van der Waals surface area (Å²) in [4.78, 5) is 45.6. The first kappa shape index (κ1) is 56.5. The van der Waals surface area contributed by atoms with Gasteiger partial charge < -0.3 is 32.8 Å². The normalized spacial score (nSPS) is 14.1. The monoisotopic (exact) mass is 1210 g/mol. The fraction of sp³-hybridized carbons (Fsp3) is 0.276. The summed E-state index contributed by atoms with van der Waals surface area (Å²) in [5.74, 6) is -5.32. The van der Waals surface area contributed by atoms with Gasteiger partial charge in [-0.3, -0.25) is 0 Å². The molecule has 436 valence electrons. The van der Waals surface area contributed by atoms with Crippen LogP contribution in [0.1, 0.15) is 79.2 Å². The van der Waals surface area contributed by atoms with Gasteiger partial charge in [-0.05, 0) is 110 Å². The molecule has 6 heterocycles. The molecule has 0 radical (unpaired) electrons. The first-order valence-corrected chi connectivity index (χ1v) is 27.8. The largest absolute Gasteiger partial charge is 0.472 e. The number of rotatable bonds is 22. The fourth-order valence-corrected chi connectivity index (χ4v) is 10.9. The van der Waals surface area contributed by atoms with Crippen LogP contribution < -0.4 is 18.9 Å². The Morgan fingerprint density at radius 2 is 0.965 bits per heavy atom. The summed E-state index contributed by atoms with van der Waals surface area (Å²) in [7, 11) is 2.90.